The van der Waals surface area contributed by atoms with Crippen LogP contribution in [0.4, 0.5) is 0 Å². The molecule has 1 aromatic heterocycles. The van der Waals surface area contributed by atoms with E-state index >= 15 is 0 Å². The molecule has 0 aromatic carbocycles. The number of rotatable bonds is 3. The molecule has 7 heteroatoms. The molecule has 0 atom stereocenters. The lowest BCUT2D eigenvalue weighted by atomic mass is 10.6. The van der Waals surface area contributed by atoms with Gasteiger partial charge in [-0.1, -0.05) is 0 Å². The Balaban J connectivity index is 3.16. The van der Waals surface area contributed by atoms with Crippen LogP contribution in [0.5, 0.6) is 0 Å². The molecule has 72 valence electrons. The van der Waals surface area contributed by atoms with Crippen LogP contribution in [0.1, 0.15) is 10.5 Å². The first kappa shape index (κ1) is 9.87. The van der Waals surface area contributed by atoms with Crippen molar-refractivity contribution >= 4 is 16.3 Å². The maximum atomic E-state index is 11.4. The quantitative estimate of drug-likeness (QED) is 0.669. The second-order valence-electron chi connectivity index (χ2n) is 2.55. The van der Waals surface area contributed by atoms with Crippen molar-refractivity contribution in [2.24, 2.45) is 0 Å². The highest BCUT2D eigenvalue weighted by Crippen LogP contribution is 2.07. The fraction of sp³-hybridized carbons (Fsp3) is 0.333. The summed E-state index contributed by atoms with van der Waals surface area (Å²) >= 11 is 0. The molecule has 13 heavy (non-hydrogen) atoms. The molecule has 0 radical (unpaired) electrons. The van der Waals surface area contributed by atoms with E-state index in [0.717, 1.165) is 4.31 Å². The van der Waals surface area contributed by atoms with Crippen LogP contribution in [0.2, 0.25) is 0 Å². The number of aldehydes is 1. The molecule has 0 saturated carbocycles. The Bertz CT molecular complexity index is 407. The molecule has 0 aliphatic rings. The van der Waals surface area contributed by atoms with Crippen LogP contribution in [0.15, 0.2) is 11.4 Å². The van der Waals surface area contributed by atoms with Gasteiger partial charge in [0.25, 0.3) is 10.0 Å². The fourth-order valence-corrected chi connectivity index (χ4v) is 1.46. The van der Waals surface area contributed by atoms with Crippen LogP contribution in [0.3, 0.4) is 0 Å². The summed E-state index contributed by atoms with van der Waals surface area (Å²) in [4.78, 5) is 16.2. The van der Waals surface area contributed by atoms with Gasteiger partial charge in [0.1, 0.15) is 0 Å². The second kappa shape index (κ2) is 3.27. The lowest BCUT2D eigenvalue weighted by Gasteiger charge is -2.07. The number of sulfonamides is 1. The standard InChI is InChI=1S/C6H9N3O3S/c1-9(2)13(11,12)6-7-3-5(4-10)8-6/h3-4H,1-2H3,(H,7,8). The van der Waals surface area contributed by atoms with Gasteiger partial charge in [0.05, 0.1) is 11.9 Å². The molecule has 0 fully saturated rings. The molecule has 0 saturated heterocycles. The van der Waals surface area contributed by atoms with E-state index in [1.165, 1.54) is 20.3 Å². The van der Waals surface area contributed by atoms with Gasteiger partial charge in [0.2, 0.25) is 5.16 Å². The van der Waals surface area contributed by atoms with E-state index in [-0.39, 0.29) is 10.9 Å². The first-order valence-corrected chi connectivity index (χ1v) is 4.85. The summed E-state index contributed by atoms with van der Waals surface area (Å²) in [5.74, 6) is 0. The highest BCUT2D eigenvalue weighted by molar-refractivity contribution is 7.88. The van der Waals surface area contributed by atoms with E-state index in [1.807, 2.05) is 0 Å². The van der Waals surface area contributed by atoms with Crippen molar-refractivity contribution in [1.29, 1.82) is 0 Å². The van der Waals surface area contributed by atoms with E-state index < -0.39 is 10.0 Å². The minimum absolute atomic E-state index is 0.139. The van der Waals surface area contributed by atoms with Crippen molar-refractivity contribution in [3.63, 3.8) is 0 Å². The van der Waals surface area contributed by atoms with E-state index in [2.05, 4.69) is 9.97 Å². The molecule has 0 spiro atoms. The highest BCUT2D eigenvalue weighted by Gasteiger charge is 2.20. The van der Waals surface area contributed by atoms with Crippen molar-refractivity contribution in [3.05, 3.63) is 11.9 Å². The lowest BCUT2D eigenvalue weighted by Crippen LogP contribution is -2.23. The highest BCUT2D eigenvalue weighted by atomic mass is 32.2. The number of carbonyl (C=O) groups is 1. The monoisotopic (exact) mass is 203 g/mol. The van der Waals surface area contributed by atoms with Gasteiger partial charge in [0, 0.05) is 14.1 Å². The zero-order valence-electron chi connectivity index (χ0n) is 7.18. The van der Waals surface area contributed by atoms with Crippen molar-refractivity contribution in [2.75, 3.05) is 14.1 Å². The molecular formula is C6H9N3O3S. The molecule has 1 heterocycles. The van der Waals surface area contributed by atoms with Crippen molar-refractivity contribution in [2.45, 2.75) is 5.16 Å². The number of aromatic nitrogens is 2. The number of carbonyl (C=O) groups excluding carboxylic acids is 1. The zero-order valence-corrected chi connectivity index (χ0v) is 8.00. The van der Waals surface area contributed by atoms with E-state index in [0.29, 0.717) is 6.29 Å². The normalized spacial score (nSPS) is 11.9. The molecule has 1 rings (SSSR count). The van der Waals surface area contributed by atoms with E-state index in [4.69, 9.17) is 0 Å². The Kier molecular flexibility index (Phi) is 2.48. The summed E-state index contributed by atoms with van der Waals surface area (Å²) in [6.07, 6.45) is 1.67. The lowest BCUT2D eigenvalue weighted by molar-refractivity contribution is 0.111. The summed E-state index contributed by atoms with van der Waals surface area (Å²) in [6.45, 7) is 0. The molecule has 6 nitrogen and oxygen atoms in total. The minimum Gasteiger partial charge on any atom is -0.325 e. The van der Waals surface area contributed by atoms with Gasteiger partial charge in [0.15, 0.2) is 6.29 Å². The topological polar surface area (TPSA) is 83.1 Å². The van der Waals surface area contributed by atoms with Gasteiger partial charge >= 0.3 is 0 Å². The van der Waals surface area contributed by atoms with Crippen LogP contribution >= 0.6 is 0 Å². The number of hydrogen-bond acceptors (Lipinski definition) is 4. The molecule has 1 aromatic rings. The Morgan fingerprint density at radius 3 is 2.54 bits per heavy atom. The Labute approximate surface area is 75.6 Å². The maximum Gasteiger partial charge on any atom is 0.276 e. The molecule has 0 aliphatic heterocycles. The van der Waals surface area contributed by atoms with Gasteiger partial charge < -0.3 is 4.98 Å². The van der Waals surface area contributed by atoms with E-state index in [1.54, 1.807) is 0 Å². The van der Waals surface area contributed by atoms with Crippen molar-refractivity contribution in [1.82, 2.24) is 14.3 Å². The molecule has 0 amide bonds. The minimum atomic E-state index is -3.56. The van der Waals surface area contributed by atoms with Gasteiger partial charge in [-0.25, -0.2) is 17.7 Å². The third-order valence-corrected chi connectivity index (χ3v) is 3.08. The van der Waals surface area contributed by atoms with Crippen LogP contribution in [0.25, 0.3) is 0 Å². The van der Waals surface area contributed by atoms with E-state index in [9.17, 15) is 13.2 Å². The van der Waals surface area contributed by atoms with Gasteiger partial charge in [-0.05, 0) is 0 Å². The molecular weight excluding hydrogens is 194 g/mol. The van der Waals surface area contributed by atoms with Gasteiger partial charge in [-0.3, -0.25) is 4.79 Å². The third kappa shape index (κ3) is 1.76. The molecule has 0 bridgehead atoms. The SMILES string of the molecule is CN(C)S(=O)(=O)c1ncc(C=O)[nH]1. The third-order valence-electron chi connectivity index (χ3n) is 1.42. The number of nitrogens with zero attached hydrogens (tertiary/aromatic N) is 2. The summed E-state index contributed by atoms with van der Waals surface area (Å²) in [6, 6.07) is 0. The van der Waals surface area contributed by atoms with Crippen molar-refractivity contribution < 1.29 is 13.2 Å². The number of hydrogen-bond donors (Lipinski definition) is 1. The first-order valence-electron chi connectivity index (χ1n) is 3.41. The van der Waals surface area contributed by atoms with Gasteiger partial charge in [-0.15, -0.1) is 0 Å². The Hall–Kier alpha value is -1.21. The molecule has 0 aliphatic carbocycles. The summed E-state index contributed by atoms with van der Waals surface area (Å²) in [5.41, 5.74) is 0.139. The van der Waals surface area contributed by atoms with Crippen LogP contribution in [0, 0.1) is 0 Å². The predicted molar refractivity (Wildman–Crippen MR) is 44.8 cm³/mol. The Morgan fingerprint density at radius 2 is 2.15 bits per heavy atom. The van der Waals surface area contributed by atoms with Crippen molar-refractivity contribution in [3.8, 4) is 0 Å². The average Bonchev–Trinajstić information content (AvgIpc) is 2.51. The summed E-state index contributed by atoms with van der Waals surface area (Å²) in [5, 5.41) is -0.223. The molecule has 1 N–H and O–H groups in total. The smallest absolute Gasteiger partial charge is 0.276 e. The van der Waals surface area contributed by atoms with Crippen LogP contribution < -0.4 is 0 Å². The maximum absolute atomic E-state index is 11.4. The second-order valence-corrected chi connectivity index (χ2v) is 4.62. The molecule has 0 unspecified atom stereocenters. The number of nitrogens with one attached hydrogen (secondary N) is 1. The first-order chi connectivity index (χ1) is 5.98. The number of imidazole rings is 1. The fourth-order valence-electron chi connectivity index (χ4n) is 0.680. The number of aromatic amines is 1. The Morgan fingerprint density at radius 1 is 1.54 bits per heavy atom. The van der Waals surface area contributed by atoms with Crippen LogP contribution in [-0.4, -0.2) is 43.1 Å². The zero-order chi connectivity index (χ0) is 10.1. The largest absolute Gasteiger partial charge is 0.325 e. The van der Waals surface area contributed by atoms with Gasteiger partial charge in [-0.2, -0.15) is 0 Å². The van der Waals surface area contributed by atoms with Crippen LogP contribution in [-0.2, 0) is 10.0 Å². The summed E-state index contributed by atoms with van der Waals surface area (Å²) in [7, 11) is -0.784. The summed E-state index contributed by atoms with van der Waals surface area (Å²) < 4.78 is 23.8. The number of H-pyrrole nitrogens is 1. The predicted octanol–water partition coefficient (Wildman–Crippen LogP) is -0.527. The average molecular weight is 203 g/mol.